The first kappa shape index (κ1) is 15.8. The molecular weight excluding hydrogens is 315 g/mol. The number of carbonyl (C=O) groups is 1. The summed E-state index contributed by atoms with van der Waals surface area (Å²) in [5.74, 6) is -0.565. The van der Waals surface area contributed by atoms with E-state index in [1.54, 1.807) is 0 Å². The SMILES string of the molecule is O=C(Nc1cc(Cl)ccc1F)N[C@@H](CCO)c1cccs1. The molecular formula is C14H14ClFN2O2S. The molecule has 21 heavy (non-hydrogen) atoms. The molecule has 2 amide bonds. The zero-order valence-corrected chi connectivity index (χ0v) is 12.5. The highest BCUT2D eigenvalue weighted by Gasteiger charge is 2.16. The van der Waals surface area contributed by atoms with Crippen molar-refractivity contribution in [2.45, 2.75) is 12.5 Å². The molecule has 7 heteroatoms. The Morgan fingerprint density at radius 3 is 2.90 bits per heavy atom. The molecule has 0 aliphatic carbocycles. The molecule has 0 spiro atoms. The third-order valence-electron chi connectivity index (χ3n) is 2.79. The molecule has 0 saturated carbocycles. The Labute approximate surface area is 130 Å². The maximum absolute atomic E-state index is 13.5. The van der Waals surface area contributed by atoms with Crippen LogP contribution in [-0.4, -0.2) is 17.7 Å². The van der Waals surface area contributed by atoms with Gasteiger partial charge in [-0.3, -0.25) is 0 Å². The van der Waals surface area contributed by atoms with E-state index < -0.39 is 11.8 Å². The van der Waals surface area contributed by atoms with Gasteiger partial charge in [0.25, 0.3) is 0 Å². The number of thiophene rings is 1. The molecule has 1 aromatic carbocycles. The van der Waals surface area contributed by atoms with Gasteiger partial charge in [-0.1, -0.05) is 17.7 Å². The highest BCUT2D eigenvalue weighted by molar-refractivity contribution is 7.10. The summed E-state index contributed by atoms with van der Waals surface area (Å²) in [5.41, 5.74) is 0.00827. The van der Waals surface area contributed by atoms with E-state index in [0.717, 1.165) is 4.88 Å². The zero-order valence-electron chi connectivity index (χ0n) is 11.0. The Kier molecular flexibility index (Phi) is 5.55. The molecule has 2 aromatic rings. The van der Waals surface area contributed by atoms with Gasteiger partial charge in [-0.15, -0.1) is 11.3 Å². The molecule has 0 aliphatic rings. The van der Waals surface area contributed by atoms with E-state index in [4.69, 9.17) is 16.7 Å². The molecule has 1 atom stereocenters. The Bertz CT molecular complexity index is 607. The van der Waals surface area contributed by atoms with Crippen molar-refractivity contribution in [3.8, 4) is 0 Å². The largest absolute Gasteiger partial charge is 0.396 e. The lowest BCUT2D eigenvalue weighted by atomic mass is 10.2. The molecule has 1 aromatic heterocycles. The highest BCUT2D eigenvalue weighted by atomic mass is 35.5. The quantitative estimate of drug-likeness (QED) is 0.782. The molecule has 3 N–H and O–H groups in total. The van der Waals surface area contributed by atoms with Crippen molar-refractivity contribution in [2.75, 3.05) is 11.9 Å². The number of hydrogen-bond donors (Lipinski definition) is 3. The summed E-state index contributed by atoms with van der Waals surface area (Å²) < 4.78 is 13.5. The van der Waals surface area contributed by atoms with Crippen molar-refractivity contribution in [1.29, 1.82) is 0 Å². The molecule has 0 fully saturated rings. The minimum absolute atomic E-state index is 0.00827. The van der Waals surface area contributed by atoms with Gasteiger partial charge < -0.3 is 15.7 Å². The third-order valence-corrected chi connectivity index (χ3v) is 4.01. The summed E-state index contributed by atoms with van der Waals surface area (Å²) in [5, 5.41) is 16.4. The number of aliphatic hydroxyl groups is 1. The summed E-state index contributed by atoms with van der Waals surface area (Å²) in [6, 6.07) is 6.78. The van der Waals surface area contributed by atoms with Crippen LogP contribution >= 0.6 is 22.9 Å². The summed E-state index contributed by atoms with van der Waals surface area (Å²) in [7, 11) is 0. The second kappa shape index (κ2) is 7.40. The number of amides is 2. The molecule has 0 bridgehead atoms. The molecule has 0 saturated heterocycles. The van der Waals surface area contributed by atoms with Crippen LogP contribution in [0.15, 0.2) is 35.7 Å². The van der Waals surface area contributed by atoms with Crippen LogP contribution in [0, 0.1) is 5.82 Å². The van der Waals surface area contributed by atoms with Crippen LogP contribution < -0.4 is 10.6 Å². The number of nitrogens with one attached hydrogen (secondary N) is 2. The Balaban J connectivity index is 2.04. The zero-order chi connectivity index (χ0) is 15.2. The normalized spacial score (nSPS) is 12.0. The number of rotatable bonds is 5. The Morgan fingerprint density at radius 1 is 1.43 bits per heavy atom. The molecule has 0 unspecified atom stereocenters. The van der Waals surface area contributed by atoms with Crippen LogP contribution in [0.2, 0.25) is 5.02 Å². The first-order valence-corrected chi connectivity index (χ1v) is 7.52. The van der Waals surface area contributed by atoms with Crippen LogP contribution in [0.1, 0.15) is 17.3 Å². The molecule has 1 heterocycles. The van der Waals surface area contributed by atoms with Crippen LogP contribution in [0.25, 0.3) is 0 Å². The van der Waals surface area contributed by atoms with Crippen LogP contribution in [0.4, 0.5) is 14.9 Å². The summed E-state index contributed by atoms with van der Waals surface area (Å²) in [4.78, 5) is 12.9. The fraction of sp³-hybridized carbons (Fsp3) is 0.214. The topological polar surface area (TPSA) is 61.4 Å². The molecule has 112 valence electrons. The lowest BCUT2D eigenvalue weighted by Gasteiger charge is -2.17. The fourth-order valence-corrected chi connectivity index (χ4v) is 2.80. The summed E-state index contributed by atoms with van der Waals surface area (Å²) in [6.45, 7) is -0.0611. The third kappa shape index (κ3) is 4.42. The average Bonchev–Trinajstić information content (AvgIpc) is 2.96. The van der Waals surface area contributed by atoms with Gasteiger partial charge in [0.05, 0.1) is 11.7 Å². The number of urea groups is 1. The van der Waals surface area contributed by atoms with Crippen LogP contribution in [-0.2, 0) is 0 Å². The number of carbonyl (C=O) groups excluding carboxylic acids is 1. The van der Waals surface area contributed by atoms with E-state index in [1.165, 1.54) is 29.5 Å². The second-order valence-corrected chi connectivity index (χ2v) is 5.72. The minimum Gasteiger partial charge on any atom is -0.396 e. The predicted octanol–water partition coefficient (Wildman–Crippen LogP) is 3.79. The van der Waals surface area contributed by atoms with Crippen molar-refractivity contribution in [2.24, 2.45) is 0 Å². The molecule has 2 rings (SSSR count). The fourth-order valence-electron chi connectivity index (χ4n) is 1.81. The summed E-state index contributed by atoms with van der Waals surface area (Å²) in [6.07, 6.45) is 0.381. The van der Waals surface area contributed by atoms with E-state index in [-0.39, 0.29) is 18.3 Å². The smallest absolute Gasteiger partial charge is 0.319 e. The van der Waals surface area contributed by atoms with E-state index in [2.05, 4.69) is 10.6 Å². The molecule has 0 radical (unpaired) electrons. The first-order chi connectivity index (χ1) is 10.1. The summed E-state index contributed by atoms with van der Waals surface area (Å²) >= 11 is 7.24. The van der Waals surface area contributed by atoms with Gasteiger partial charge in [0, 0.05) is 16.5 Å². The van der Waals surface area contributed by atoms with Crippen molar-refractivity contribution in [3.05, 3.63) is 51.4 Å². The Hall–Kier alpha value is -1.63. The van der Waals surface area contributed by atoms with E-state index in [1.807, 2.05) is 17.5 Å². The molecule has 0 aliphatic heterocycles. The molecule has 4 nitrogen and oxygen atoms in total. The number of aliphatic hydroxyl groups excluding tert-OH is 1. The van der Waals surface area contributed by atoms with Gasteiger partial charge in [0.15, 0.2) is 0 Å². The van der Waals surface area contributed by atoms with Gasteiger partial charge in [-0.05, 0) is 36.1 Å². The second-order valence-electron chi connectivity index (χ2n) is 4.30. The van der Waals surface area contributed by atoms with E-state index in [0.29, 0.717) is 11.4 Å². The number of anilines is 1. The van der Waals surface area contributed by atoms with Crippen LogP contribution in [0.5, 0.6) is 0 Å². The van der Waals surface area contributed by atoms with Gasteiger partial charge in [-0.2, -0.15) is 0 Å². The van der Waals surface area contributed by atoms with Gasteiger partial charge in [0.2, 0.25) is 0 Å². The highest BCUT2D eigenvalue weighted by Crippen LogP contribution is 2.23. The number of halogens is 2. The van der Waals surface area contributed by atoms with E-state index in [9.17, 15) is 9.18 Å². The first-order valence-electron chi connectivity index (χ1n) is 6.27. The number of hydrogen-bond acceptors (Lipinski definition) is 3. The standard InChI is InChI=1S/C14H14ClFN2O2S/c15-9-3-4-10(16)12(8-9)18-14(20)17-11(5-6-19)13-2-1-7-21-13/h1-4,7-8,11,19H,5-6H2,(H2,17,18,20)/t11-/m0/s1. The monoisotopic (exact) mass is 328 g/mol. The van der Waals surface area contributed by atoms with Gasteiger partial charge >= 0.3 is 6.03 Å². The van der Waals surface area contributed by atoms with Crippen molar-refractivity contribution < 1.29 is 14.3 Å². The van der Waals surface area contributed by atoms with Gasteiger partial charge in [0.1, 0.15) is 5.82 Å². The maximum Gasteiger partial charge on any atom is 0.319 e. The van der Waals surface area contributed by atoms with Crippen molar-refractivity contribution in [3.63, 3.8) is 0 Å². The van der Waals surface area contributed by atoms with Crippen molar-refractivity contribution >= 4 is 34.7 Å². The average molecular weight is 329 g/mol. The predicted molar refractivity (Wildman–Crippen MR) is 82.3 cm³/mol. The minimum atomic E-state index is -0.565. The van der Waals surface area contributed by atoms with Crippen LogP contribution in [0.3, 0.4) is 0 Å². The van der Waals surface area contributed by atoms with Crippen molar-refractivity contribution in [1.82, 2.24) is 5.32 Å². The number of benzene rings is 1. The lowest BCUT2D eigenvalue weighted by molar-refractivity contribution is 0.239. The Morgan fingerprint density at radius 2 is 2.24 bits per heavy atom. The lowest BCUT2D eigenvalue weighted by Crippen LogP contribution is -2.33. The van der Waals surface area contributed by atoms with Gasteiger partial charge in [-0.25, -0.2) is 9.18 Å². The maximum atomic E-state index is 13.5. The van der Waals surface area contributed by atoms with E-state index >= 15 is 0 Å².